The first-order valence-electron chi connectivity index (χ1n) is 9.23. The lowest BCUT2D eigenvalue weighted by Crippen LogP contribution is -2.45. The van der Waals surface area contributed by atoms with E-state index in [4.69, 9.17) is 4.74 Å². The number of thiophene rings is 1. The number of anilines is 2. The molecule has 0 spiro atoms. The summed E-state index contributed by atoms with van der Waals surface area (Å²) < 4.78 is 21.2. The molecule has 1 aromatic carbocycles. The Balaban J connectivity index is 1.60. The molecule has 1 saturated heterocycles. The molecule has 2 unspecified atom stereocenters. The number of carbonyl (C=O) groups is 2. The van der Waals surface area contributed by atoms with Gasteiger partial charge in [-0.3, -0.25) is 9.59 Å². The molecule has 2 atom stereocenters. The predicted octanol–water partition coefficient (Wildman–Crippen LogP) is 3.97. The summed E-state index contributed by atoms with van der Waals surface area (Å²) in [6.07, 6.45) is 0.0455. The van der Waals surface area contributed by atoms with E-state index in [1.807, 2.05) is 18.7 Å². The van der Waals surface area contributed by atoms with Crippen molar-refractivity contribution in [3.8, 4) is 0 Å². The number of ether oxygens (including phenoxy) is 1. The molecule has 1 aromatic heterocycles. The van der Waals surface area contributed by atoms with E-state index >= 15 is 0 Å². The summed E-state index contributed by atoms with van der Waals surface area (Å²) in [7, 11) is 1.56. The van der Waals surface area contributed by atoms with Crippen molar-refractivity contribution in [2.75, 3.05) is 36.9 Å². The van der Waals surface area contributed by atoms with Crippen LogP contribution < -0.4 is 10.2 Å². The zero-order valence-corrected chi connectivity index (χ0v) is 18.8. The quantitative estimate of drug-likeness (QED) is 0.698. The minimum absolute atomic E-state index is 0.0228. The minimum Gasteiger partial charge on any atom is -0.372 e. The van der Waals surface area contributed by atoms with E-state index in [-0.39, 0.29) is 24.7 Å². The maximum atomic E-state index is 14.7. The van der Waals surface area contributed by atoms with E-state index < -0.39 is 11.7 Å². The summed E-state index contributed by atoms with van der Waals surface area (Å²) in [5.41, 5.74) is 0.839. The molecule has 29 heavy (non-hydrogen) atoms. The van der Waals surface area contributed by atoms with Gasteiger partial charge in [-0.15, -0.1) is 11.3 Å². The number of hydrogen-bond acceptors (Lipinski definition) is 5. The molecular weight excluding hydrogens is 461 g/mol. The molecule has 1 N–H and O–H groups in total. The summed E-state index contributed by atoms with van der Waals surface area (Å²) in [4.78, 5) is 28.4. The molecule has 0 saturated carbocycles. The second kappa shape index (κ2) is 9.23. The Hall–Kier alpha value is -1.97. The van der Waals surface area contributed by atoms with Crippen LogP contribution in [0, 0.1) is 5.82 Å². The molecule has 1 fully saturated rings. The van der Waals surface area contributed by atoms with Gasteiger partial charge in [0, 0.05) is 25.8 Å². The smallest absolute Gasteiger partial charge is 0.264 e. The number of hydrogen-bond donors (Lipinski definition) is 1. The van der Waals surface area contributed by atoms with E-state index in [0.717, 1.165) is 3.79 Å². The van der Waals surface area contributed by atoms with Gasteiger partial charge in [0.15, 0.2) is 0 Å². The number of carbonyl (C=O) groups excluding carboxylic acids is 2. The Bertz CT molecular complexity index is 897. The van der Waals surface area contributed by atoms with Crippen LogP contribution in [0.2, 0.25) is 0 Å². The summed E-state index contributed by atoms with van der Waals surface area (Å²) in [6.45, 7) is 5.01. The number of morpholine rings is 1. The highest BCUT2D eigenvalue weighted by Gasteiger charge is 2.24. The first kappa shape index (κ1) is 21.7. The largest absolute Gasteiger partial charge is 0.372 e. The van der Waals surface area contributed by atoms with Crippen LogP contribution >= 0.6 is 27.3 Å². The lowest BCUT2D eigenvalue weighted by atomic mass is 10.2. The van der Waals surface area contributed by atoms with Crippen molar-refractivity contribution < 1.29 is 18.7 Å². The predicted molar refractivity (Wildman–Crippen MR) is 116 cm³/mol. The maximum Gasteiger partial charge on any atom is 0.264 e. The molecule has 9 heteroatoms. The Morgan fingerprint density at radius 1 is 1.28 bits per heavy atom. The molecule has 0 aliphatic carbocycles. The summed E-state index contributed by atoms with van der Waals surface area (Å²) in [5, 5.41) is 2.65. The minimum atomic E-state index is -0.406. The molecule has 1 aliphatic heterocycles. The Kier molecular flexibility index (Phi) is 6.92. The van der Waals surface area contributed by atoms with Gasteiger partial charge < -0.3 is 19.9 Å². The highest BCUT2D eigenvalue weighted by atomic mass is 79.9. The fourth-order valence-corrected chi connectivity index (χ4v) is 4.70. The number of likely N-dealkylation sites (N-methyl/N-ethyl adjacent to an activating group) is 1. The van der Waals surface area contributed by atoms with Crippen LogP contribution in [-0.4, -0.2) is 55.6 Å². The maximum absolute atomic E-state index is 14.7. The molecule has 2 amide bonds. The van der Waals surface area contributed by atoms with Crippen molar-refractivity contribution in [2.24, 2.45) is 0 Å². The average Bonchev–Trinajstić information content (AvgIpc) is 3.06. The third-order valence-corrected chi connectivity index (χ3v) is 6.11. The van der Waals surface area contributed by atoms with Crippen molar-refractivity contribution in [3.63, 3.8) is 0 Å². The van der Waals surface area contributed by atoms with Crippen LogP contribution in [0.4, 0.5) is 15.8 Å². The van der Waals surface area contributed by atoms with Crippen LogP contribution in [0.15, 0.2) is 34.1 Å². The van der Waals surface area contributed by atoms with E-state index in [1.54, 1.807) is 31.3 Å². The summed E-state index contributed by atoms with van der Waals surface area (Å²) >= 11 is 4.62. The normalized spacial score (nSPS) is 19.1. The van der Waals surface area contributed by atoms with Crippen molar-refractivity contribution in [1.29, 1.82) is 0 Å². The van der Waals surface area contributed by atoms with Crippen LogP contribution in [-0.2, 0) is 9.53 Å². The monoisotopic (exact) mass is 483 g/mol. The van der Waals surface area contributed by atoms with Gasteiger partial charge in [-0.1, -0.05) is 0 Å². The van der Waals surface area contributed by atoms with Gasteiger partial charge in [-0.25, -0.2) is 4.39 Å². The van der Waals surface area contributed by atoms with Gasteiger partial charge in [0.1, 0.15) is 5.82 Å². The third kappa shape index (κ3) is 5.55. The van der Waals surface area contributed by atoms with Gasteiger partial charge in [-0.2, -0.15) is 0 Å². The Morgan fingerprint density at radius 3 is 2.55 bits per heavy atom. The SMILES string of the molecule is CC1CN(c2ccc(NC(=O)CN(C)C(=O)c3ccc(Br)s3)cc2F)CC(C)O1. The van der Waals surface area contributed by atoms with E-state index in [0.29, 0.717) is 29.3 Å². The fraction of sp³-hybridized carbons (Fsp3) is 0.400. The first-order valence-corrected chi connectivity index (χ1v) is 10.8. The van der Waals surface area contributed by atoms with Crippen molar-refractivity contribution in [1.82, 2.24) is 4.90 Å². The molecular formula is C20H23BrFN3O3S. The van der Waals surface area contributed by atoms with Crippen molar-refractivity contribution in [3.05, 3.63) is 44.8 Å². The number of nitrogens with zero attached hydrogens (tertiary/aromatic N) is 2. The van der Waals surface area contributed by atoms with E-state index in [1.165, 1.54) is 22.3 Å². The topological polar surface area (TPSA) is 61.9 Å². The van der Waals surface area contributed by atoms with Crippen LogP contribution in [0.5, 0.6) is 0 Å². The number of benzene rings is 1. The standard InChI is InChI=1S/C20H23BrFN3O3S/c1-12-9-25(10-13(2)28-12)16-5-4-14(8-15(16)22)23-19(26)11-24(3)20(27)17-6-7-18(21)29-17/h4-8,12-13H,9-11H2,1-3H3,(H,23,26). The van der Waals surface area contributed by atoms with Gasteiger partial charge in [0.25, 0.3) is 5.91 Å². The summed E-state index contributed by atoms with van der Waals surface area (Å²) in [5.74, 6) is -1.04. The Labute approximate surface area is 181 Å². The number of amides is 2. The molecule has 0 bridgehead atoms. The van der Waals surface area contributed by atoms with Gasteiger partial charge >= 0.3 is 0 Å². The van der Waals surface area contributed by atoms with E-state index in [2.05, 4.69) is 21.2 Å². The molecule has 0 radical (unpaired) electrons. The zero-order valence-electron chi connectivity index (χ0n) is 16.4. The summed E-state index contributed by atoms with van der Waals surface area (Å²) in [6, 6.07) is 8.11. The van der Waals surface area contributed by atoms with Crippen LogP contribution in [0.3, 0.4) is 0 Å². The first-order chi connectivity index (χ1) is 13.7. The third-order valence-electron chi connectivity index (χ3n) is 4.50. The fourth-order valence-electron chi connectivity index (χ4n) is 3.32. The molecule has 2 aromatic rings. The van der Waals surface area contributed by atoms with Crippen molar-refractivity contribution in [2.45, 2.75) is 26.1 Å². The van der Waals surface area contributed by atoms with Gasteiger partial charge in [0.05, 0.1) is 33.1 Å². The van der Waals surface area contributed by atoms with Crippen LogP contribution in [0.25, 0.3) is 0 Å². The lowest BCUT2D eigenvalue weighted by molar-refractivity contribution is -0.116. The molecule has 1 aliphatic rings. The number of nitrogens with one attached hydrogen (secondary N) is 1. The molecule has 6 nitrogen and oxygen atoms in total. The zero-order chi connectivity index (χ0) is 21.1. The van der Waals surface area contributed by atoms with E-state index in [9.17, 15) is 14.0 Å². The van der Waals surface area contributed by atoms with Gasteiger partial charge in [-0.05, 0) is 60.1 Å². The average molecular weight is 484 g/mol. The van der Waals surface area contributed by atoms with Crippen LogP contribution in [0.1, 0.15) is 23.5 Å². The number of halogens is 2. The molecule has 3 rings (SSSR count). The second-order valence-corrected chi connectivity index (χ2v) is 9.60. The second-order valence-electron chi connectivity index (χ2n) is 7.14. The van der Waals surface area contributed by atoms with Crippen molar-refractivity contribution >= 4 is 50.5 Å². The highest BCUT2D eigenvalue weighted by molar-refractivity contribution is 9.11. The molecule has 156 valence electrons. The Morgan fingerprint density at radius 2 is 1.97 bits per heavy atom. The highest BCUT2D eigenvalue weighted by Crippen LogP contribution is 2.26. The van der Waals surface area contributed by atoms with Gasteiger partial charge in [0.2, 0.25) is 5.91 Å². The number of rotatable bonds is 5. The molecule has 2 heterocycles. The lowest BCUT2D eigenvalue weighted by Gasteiger charge is -2.37.